The fourth-order valence-electron chi connectivity index (χ4n) is 4.01. The largest absolute Gasteiger partial charge is 0.417 e. The number of thiazole rings is 1. The van der Waals surface area contributed by atoms with Crippen molar-refractivity contribution in [3.8, 4) is 0 Å². The van der Waals surface area contributed by atoms with Gasteiger partial charge in [0.15, 0.2) is 11.4 Å². The summed E-state index contributed by atoms with van der Waals surface area (Å²) < 4.78 is 47.4. The van der Waals surface area contributed by atoms with Crippen molar-refractivity contribution in [2.24, 2.45) is 4.99 Å². The summed E-state index contributed by atoms with van der Waals surface area (Å²) >= 11 is 1.46. The van der Waals surface area contributed by atoms with Crippen LogP contribution in [0.25, 0.3) is 5.70 Å². The van der Waals surface area contributed by atoms with Crippen molar-refractivity contribution in [1.82, 2.24) is 19.8 Å². The normalized spacial score (nSPS) is 19.6. The van der Waals surface area contributed by atoms with E-state index in [1.165, 1.54) is 17.5 Å². The van der Waals surface area contributed by atoms with Crippen LogP contribution in [0.3, 0.4) is 0 Å². The highest BCUT2D eigenvalue weighted by atomic mass is 32.1. The molecule has 0 aliphatic carbocycles. The number of halogens is 3. The molecule has 0 amide bonds. The molecule has 12 heteroatoms. The zero-order valence-corrected chi connectivity index (χ0v) is 19.9. The standard InChI is InChI=1S/C22H28F3N7OS/c1-3-30(4-2)14-15-12-29-21(34-15)32-18(5-6-27-20(32)31-7-9-33-10-8-31)16-13-28-19(26)11-17(16)22(23,24)25/h5-6,11-13,20H,3-4,7-10,14H2,1-2H3,(H2,26,28). The van der Waals surface area contributed by atoms with E-state index in [1.54, 1.807) is 23.4 Å². The number of alkyl halides is 3. The van der Waals surface area contributed by atoms with E-state index >= 15 is 0 Å². The summed E-state index contributed by atoms with van der Waals surface area (Å²) in [5, 5.41) is 0.576. The summed E-state index contributed by atoms with van der Waals surface area (Å²) in [5.41, 5.74) is 5.04. The zero-order chi connectivity index (χ0) is 24.3. The molecular weight excluding hydrogens is 467 g/mol. The maximum atomic E-state index is 14.0. The van der Waals surface area contributed by atoms with Gasteiger partial charge in [0.25, 0.3) is 0 Å². The number of hydrogen-bond acceptors (Lipinski definition) is 9. The molecule has 0 radical (unpaired) electrons. The molecule has 2 aromatic rings. The maximum Gasteiger partial charge on any atom is 0.417 e. The second-order valence-corrected chi connectivity index (χ2v) is 9.03. The lowest BCUT2D eigenvalue weighted by Gasteiger charge is -2.41. The van der Waals surface area contributed by atoms with Gasteiger partial charge in [-0.3, -0.25) is 19.7 Å². The fourth-order valence-corrected chi connectivity index (χ4v) is 4.99. The lowest BCUT2D eigenvalue weighted by molar-refractivity contribution is -0.137. The van der Waals surface area contributed by atoms with Crippen LogP contribution in [-0.2, 0) is 17.5 Å². The lowest BCUT2D eigenvalue weighted by atomic mass is 10.0. The molecular formula is C22H28F3N7OS. The first-order chi connectivity index (χ1) is 16.3. The van der Waals surface area contributed by atoms with Crippen LogP contribution in [0.5, 0.6) is 0 Å². The number of ether oxygens (including phenoxy) is 1. The van der Waals surface area contributed by atoms with E-state index in [-0.39, 0.29) is 11.4 Å². The SMILES string of the molecule is CCN(CC)Cc1cnc(N2C(c3cnc(N)cc3C(F)(F)F)=CC=NC2N2CCOCC2)s1. The number of anilines is 2. The molecule has 8 nitrogen and oxygen atoms in total. The van der Waals surface area contributed by atoms with Crippen LogP contribution in [0.15, 0.2) is 29.5 Å². The van der Waals surface area contributed by atoms with Gasteiger partial charge in [-0.25, -0.2) is 9.97 Å². The topological polar surface area (TPSA) is 83.1 Å². The molecule has 2 aliphatic rings. The monoisotopic (exact) mass is 495 g/mol. The van der Waals surface area contributed by atoms with Crippen molar-refractivity contribution < 1.29 is 17.9 Å². The van der Waals surface area contributed by atoms with Crippen LogP contribution in [-0.4, -0.2) is 71.7 Å². The van der Waals surface area contributed by atoms with Gasteiger partial charge in [-0.05, 0) is 25.2 Å². The molecule has 1 fully saturated rings. The molecule has 184 valence electrons. The minimum atomic E-state index is -4.60. The molecule has 2 N–H and O–H groups in total. The highest BCUT2D eigenvalue weighted by Gasteiger charge is 2.39. The predicted molar refractivity (Wildman–Crippen MR) is 128 cm³/mol. The number of aromatic nitrogens is 2. The Morgan fingerprint density at radius 1 is 1.18 bits per heavy atom. The first-order valence-corrected chi connectivity index (χ1v) is 12.0. The smallest absolute Gasteiger partial charge is 0.384 e. The summed E-state index contributed by atoms with van der Waals surface area (Å²) in [7, 11) is 0. The van der Waals surface area contributed by atoms with E-state index in [0.29, 0.717) is 37.1 Å². The molecule has 34 heavy (non-hydrogen) atoms. The van der Waals surface area contributed by atoms with Gasteiger partial charge >= 0.3 is 6.18 Å². The molecule has 0 saturated carbocycles. The lowest BCUT2D eigenvalue weighted by Crippen LogP contribution is -2.52. The molecule has 0 aromatic carbocycles. The molecule has 4 heterocycles. The Morgan fingerprint density at radius 3 is 2.59 bits per heavy atom. The summed E-state index contributed by atoms with van der Waals surface area (Å²) in [4.78, 5) is 20.3. The van der Waals surface area contributed by atoms with Gasteiger partial charge in [-0.1, -0.05) is 13.8 Å². The second kappa shape index (κ2) is 10.4. The number of nitrogens with zero attached hydrogens (tertiary/aromatic N) is 6. The van der Waals surface area contributed by atoms with Crippen LogP contribution in [0.2, 0.25) is 0 Å². The van der Waals surface area contributed by atoms with Gasteiger partial charge < -0.3 is 10.5 Å². The minimum absolute atomic E-state index is 0.0633. The molecule has 1 saturated heterocycles. The Hall–Kier alpha value is -2.54. The molecule has 0 bridgehead atoms. The van der Waals surface area contributed by atoms with Gasteiger partial charge in [-0.15, -0.1) is 11.3 Å². The van der Waals surface area contributed by atoms with Crippen molar-refractivity contribution in [2.75, 3.05) is 50.0 Å². The first-order valence-electron chi connectivity index (χ1n) is 11.2. The number of hydrogen-bond donors (Lipinski definition) is 1. The zero-order valence-electron chi connectivity index (χ0n) is 19.1. The molecule has 1 unspecified atom stereocenters. The fraction of sp³-hybridized carbons (Fsp3) is 0.500. The molecule has 0 spiro atoms. The minimum Gasteiger partial charge on any atom is -0.384 e. The first kappa shape index (κ1) is 24.6. The number of morpholine rings is 1. The summed E-state index contributed by atoms with van der Waals surface area (Å²) in [6, 6.07) is 0.873. The number of nitrogens with two attached hydrogens (primary N) is 1. The molecule has 4 rings (SSSR count). The third kappa shape index (κ3) is 5.24. The number of rotatable bonds is 7. The van der Waals surface area contributed by atoms with Crippen molar-refractivity contribution in [3.05, 3.63) is 40.5 Å². The van der Waals surface area contributed by atoms with Crippen LogP contribution >= 0.6 is 11.3 Å². The van der Waals surface area contributed by atoms with E-state index in [1.807, 2.05) is 0 Å². The highest BCUT2D eigenvalue weighted by Crippen LogP contribution is 2.41. The van der Waals surface area contributed by atoms with E-state index in [2.05, 4.69) is 38.6 Å². The predicted octanol–water partition coefficient (Wildman–Crippen LogP) is 3.53. The van der Waals surface area contributed by atoms with E-state index in [9.17, 15) is 13.2 Å². The summed E-state index contributed by atoms with van der Waals surface area (Å²) in [5.74, 6) is -0.187. The van der Waals surface area contributed by atoms with Crippen molar-refractivity contribution in [2.45, 2.75) is 32.9 Å². The Kier molecular flexibility index (Phi) is 7.51. The molecule has 2 aliphatic heterocycles. The number of allylic oxidation sites excluding steroid dienone is 1. The molecule has 1 atom stereocenters. The van der Waals surface area contributed by atoms with Gasteiger partial charge in [0.2, 0.25) is 0 Å². The van der Waals surface area contributed by atoms with Gasteiger partial charge in [-0.2, -0.15) is 13.2 Å². The highest BCUT2D eigenvalue weighted by molar-refractivity contribution is 7.15. The summed E-state index contributed by atoms with van der Waals surface area (Å²) in [6.07, 6.45) is 0.944. The van der Waals surface area contributed by atoms with Crippen LogP contribution in [0, 0.1) is 0 Å². The number of nitrogen functional groups attached to an aromatic ring is 1. The quantitative estimate of drug-likeness (QED) is 0.629. The van der Waals surface area contributed by atoms with Gasteiger partial charge in [0.1, 0.15) is 5.82 Å². The Bertz CT molecular complexity index is 1050. The second-order valence-electron chi connectivity index (χ2n) is 7.94. The maximum absolute atomic E-state index is 14.0. The van der Waals surface area contributed by atoms with Crippen LogP contribution in [0.1, 0.15) is 29.9 Å². The van der Waals surface area contributed by atoms with Gasteiger partial charge in [0.05, 0.1) is 24.5 Å². The van der Waals surface area contributed by atoms with Crippen molar-refractivity contribution in [1.29, 1.82) is 0 Å². The average Bonchev–Trinajstić information content (AvgIpc) is 3.30. The Balaban J connectivity index is 1.78. The van der Waals surface area contributed by atoms with Crippen molar-refractivity contribution in [3.63, 3.8) is 0 Å². The Morgan fingerprint density at radius 2 is 1.91 bits per heavy atom. The number of aliphatic imine (C=N–C) groups is 1. The average molecular weight is 496 g/mol. The molecule has 2 aromatic heterocycles. The third-order valence-corrected chi connectivity index (χ3v) is 6.82. The third-order valence-electron chi connectivity index (χ3n) is 5.84. The van der Waals surface area contributed by atoms with E-state index in [0.717, 1.165) is 30.6 Å². The Labute approximate surface area is 200 Å². The van der Waals surface area contributed by atoms with Gasteiger partial charge in [0, 0.05) is 48.7 Å². The van der Waals surface area contributed by atoms with Crippen molar-refractivity contribution >= 4 is 34.2 Å². The van der Waals surface area contributed by atoms with E-state index < -0.39 is 18.0 Å². The van der Waals surface area contributed by atoms with Crippen LogP contribution < -0.4 is 10.6 Å². The summed E-state index contributed by atoms with van der Waals surface area (Å²) in [6.45, 7) is 8.96. The number of pyridine rings is 1. The van der Waals surface area contributed by atoms with Crippen LogP contribution in [0.4, 0.5) is 24.1 Å². The van der Waals surface area contributed by atoms with E-state index in [4.69, 9.17) is 10.5 Å².